The molecule has 0 unspecified atom stereocenters. The van der Waals surface area contributed by atoms with Crippen molar-refractivity contribution in [1.29, 1.82) is 0 Å². The maximum atomic E-state index is 12.5. The Labute approximate surface area is 129 Å². The highest BCUT2D eigenvalue weighted by Gasteiger charge is 2.24. The largest absolute Gasteiger partial charge is 0.326 e. The third kappa shape index (κ3) is 3.59. The molecule has 0 amide bonds. The minimum absolute atomic E-state index is 0.0693. The van der Waals surface area contributed by atoms with E-state index in [1.54, 1.807) is 30.5 Å². The van der Waals surface area contributed by atoms with Crippen LogP contribution in [0.2, 0.25) is 5.02 Å². The summed E-state index contributed by atoms with van der Waals surface area (Å²) in [6, 6.07) is 10.1. The predicted molar refractivity (Wildman–Crippen MR) is 82.2 cm³/mol. The van der Waals surface area contributed by atoms with E-state index in [1.165, 1.54) is 17.4 Å². The molecule has 2 N–H and O–H groups in total. The molecule has 0 saturated carbocycles. The van der Waals surface area contributed by atoms with E-state index < -0.39 is 10.0 Å². The van der Waals surface area contributed by atoms with Gasteiger partial charge in [0.1, 0.15) is 4.90 Å². The highest BCUT2D eigenvalue weighted by molar-refractivity contribution is 7.89. The van der Waals surface area contributed by atoms with Crippen LogP contribution in [0.4, 0.5) is 0 Å². The van der Waals surface area contributed by atoms with Crippen molar-refractivity contribution in [2.75, 3.05) is 7.05 Å². The number of hydrogen-bond donors (Lipinski definition) is 1. The lowest BCUT2D eigenvalue weighted by molar-refractivity contribution is 0.462. The van der Waals surface area contributed by atoms with Crippen LogP contribution in [0, 0.1) is 0 Å². The third-order valence-electron chi connectivity index (χ3n) is 3.03. The van der Waals surface area contributed by atoms with E-state index in [1.807, 2.05) is 6.07 Å². The van der Waals surface area contributed by atoms with E-state index in [0.29, 0.717) is 12.2 Å². The Morgan fingerprint density at radius 3 is 2.62 bits per heavy atom. The molecule has 0 aliphatic heterocycles. The summed E-state index contributed by atoms with van der Waals surface area (Å²) in [4.78, 5) is 4.19. The summed E-state index contributed by atoms with van der Waals surface area (Å²) < 4.78 is 26.3. The zero-order valence-electron chi connectivity index (χ0n) is 11.5. The molecule has 0 radical (unpaired) electrons. The van der Waals surface area contributed by atoms with Crippen molar-refractivity contribution in [2.24, 2.45) is 5.73 Å². The van der Waals surface area contributed by atoms with Gasteiger partial charge in [-0.3, -0.25) is 4.98 Å². The van der Waals surface area contributed by atoms with E-state index in [4.69, 9.17) is 17.3 Å². The Balaban J connectivity index is 2.29. The molecule has 0 atom stereocenters. The number of sulfonamides is 1. The summed E-state index contributed by atoms with van der Waals surface area (Å²) in [5.74, 6) is 0. The number of halogens is 1. The smallest absolute Gasteiger partial charge is 0.244 e. The number of aromatic nitrogens is 1. The normalized spacial score (nSPS) is 11.8. The Hall–Kier alpha value is -1.47. The highest BCUT2D eigenvalue weighted by Crippen LogP contribution is 2.25. The van der Waals surface area contributed by atoms with Gasteiger partial charge in [-0.2, -0.15) is 4.31 Å². The lowest BCUT2D eigenvalue weighted by atomic mass is 10.2. The molecule has 2 aromatic rings. The van der Waals surface area contributed by atoms with E-state index >= 15 is 0 Å². The van der Waals surface area contributed by atoms with Gasteiger partial charge in [0.05, 0.1) is 17.3 Å². The fourth-order valence-corrected chi connectivity index (χ4v) is 3.53. The van der Waals surface area contributed by atoms with Crippen LogP contribution in [0.25, 0.3) is 0 Å². The monoisotopic (exact) mass is 325 g/mol. The molecule has 7 heteroatoms. The molecule has 1 aromatic carbocycles. The summed E-state index contributed by atoms with van der Waals surface area (Å²) in [6.07, 6.45) is 1.62. The van der Waals surface area contributed by atoms with Gasteiger partial charge in [-0.25, -0.2) is 8.42 Å². The van der Waals surface area contributed by atoms with Crippen LogP contribution in [0.15, 0.2) is 47.5 Å². The first kappa shape index (κ1) is 15.9. The third-order valence-corrected chi connectivity index (χ3v) is 5.32. The van der Waals surface area contributed by atoms with Gasteiger partial charge in [-0.1, -0.05) is 23.7 Å². The fourth-order valence-electron chi connectivity index (χ4n) is 1.85. The summed E-state index contributed by atoms with van der Waals surface area (Å²) >= 11 is 6.06. The van der Waals surface area contributed by atoms with E-state index in [2.05, 4.69) is 4.98 Å². The molecular weight excluding hydrogens is 310 g/mol. The molecule has 112 valence electrons. The average molecular weight is 326 g/mol. The second kappa shape index (κ2) is 6.53. The zero-order chi connectivity index (χ0) is 15.5. The van der Waals surface area contributed by atoms with Crippen LogP contribution in [0.1, 0.15) is 11.3 Å². The van der Waals surface area contributed by atoms with Crippen molar-refractivity contribution in [1.82, 2.24) is 9.29 Å². The molecule has 0 aliphatic carbocycles. The van der Waals surface area contributed by atoms with Crippen molar-refractivity contribution in [3.63, 3.8) is 0 Å². The van der Waals surface area contributed by atoms with Gasteiger partial charge < -0.3 is 5.73 Å². The van der Waals surface area contributed by atoms with E-state index in [0.717, 1.165) is 5.56 Å². The van der Waals surface area contributed by atoms with Gasteiger partial charge in [0.25, 0.3) is 0 Å². The maximum absolute atomic E-state index is 12.5. The second-order valence-electron chi connectivity index (χ2n) is 4.55. The van der Waals surface area contributed by atoms with Gasteiger partial charge in [-0.05, 0) is 29.8 Å². The van der Waals surface area contributed by atoms with Crippen LogP contribution < -0.4 is 5.73 Å². The highest BCUT2D eigenvalue weighted by atomic mass is 35.5. The topological polar surface area (TPSA) is 76.3 Å². The standard InChI is InChI=1S/C14H16ClN3O2S/c1-18(10-12-4-2-3-7-17-12)21(19,20)14-6-5-11(9-16)8-13(14)15/h2-8H,9-10,16H2,1H3. The number of hydrogen-bond acceptors (Lipinski definition) is 4. The molecule has 5 nitrogen and oxygen atoms in total. The second-order valence-corrected chi connectivity index (χ2v) is 6.97. The number of nitrogens with zero attached hydrogens (tertiary/aromatic N) is 2. The molecule has 0 bridgehead atoms. The Kier molecular flexibility index (Phi) is 4.95. The van der Waals surface area contributed by atoms with Gasteiger partial charge in [0.2, 0.25) is 10.0 Å². The average Bonchev–Trinajstić information content (AvgIpc) is 2.47. The van der Waals surface area contributed by atoms with Gasteiger partial charge >= 0.3 is 0 Å². The predicted octanol–water partition coefficient (Wildman–Crippen LogP) is 2.01. The molecule has 0 aliphatic rings. The van der Waals surface area contributed by atoms with Gasteiger partial charge in [0, 0.05) is 19.8 Å². The van der Waals surface area contributed by atoms with E-state index in [9.17, 15) is 8.42 Å². The Morgan fingerprint density at radius 1 is 1.29 bits per heavy atom. The van der Waals surface area contributed by atoms with Crippen molar-refractivity contribution in [3.8, 4) is 0 Å². The summed E-state index contributed by atoms with van der Waals surface area (Å²) in [5, 5.41) is 0.172. The first-order chi connectivity index (χ1) is 9.95. The lowest BCUT2D eigenvalue weighted by Gasteiger charge is -2.18. The number of nitrogens with two attached hydrogens (primary N) is 1. The minimum Gasteiger partial charge on any atom is -0.326 e. The van der Waals surface area contributed by atoms with Crippen molar-refractivity contribution in [3.05, 3.63) is 58.9 Å². The molecule has 1 heterocycles. The van der Waals surface area contributed by atoms with Crippen LogP contribution in [-0.2, 0) is 23.1 Å². The molecule has 2 rings (SSSR count). The maximum Gasteiger partial charge on any atom is 0.244 e. The molecule has 0 saturated heterocycles. The summed E-state index contributed by atoms with van der Waals surface area (Å²) in [5.41, 5.74) is 6.96. The number of benzene rings is 1. The molecule has 0 fully saturated rings. The van der Waals surface area contributed by atoms with Crippen molar-refractivity contribution >= 4 is 21.6 Å². The van der Waals surface area contributed by atoms with Crippen LogP contribution >= 0.6 is 11.6 Å². The van der Waals surface area contributed by atoms with E-state index in [-0.39, 0.29) is 16.5 Å². The zero-order valence-corrected chi connectivity index (χ0v) is 13.1. The fraction of sp³-hybridized carbons (Fsp3) is 0.214. The number of pyridine rings is 1. The molecular formula is C14H16ClN3O2S. The Bertz CT molecular complexity index is 720. The van der Waals surface area contributed by atoms with Gasteiger partial charge in [-0.15, -0.1) is 0 Å². The first-order valence-electron chi connectivity index (χ1n) is 6.30. The minimum atomic E-state index is -3.67. The SMILES string of the molecule is CN(Cc1ccccn1)S(=O)(=O)c1ccc(CN)cc1Cl. The summed E-state index contributed by atoms with van der Waals surface area (Å²) in [7, 11) is -2.18. The summed E-state index contributed by atoms with van der Waals surface area (Å²) in [6.45, 7) is 0.488. The van der Waals surface area contributed by atoms with Crippen molar-refractivity contribution in [2.45, 2.75) is 18.0 Å². The lowest BCUT2D eigenvalue weighted by Crippen LogP contribution is -2.27. The van der Waals surface area contributed by atoms with Gasteiger partial charge in [0.15, 0.2) is 0 Å². The van der Waals surface area contributed by atoms with Crippen LogP contribution in [0.3, 0.4) is 0 Å². The van der Waals surface area contributed by atoms with Crippen molar-refractivity contribution < 1.29 is 8.42 Å². The molecule has 21 heavy (non-hydrogen) atoms. The molecule has 1 aromatic heterocycles. The van der Waals surface area contributed by atoms with Crippen LogP contribution in [-0.4, -0.2) is 24.8 Å². The first-order valence-corrected chi connectivity index (χ1v) is 8.11. The van der Waals surface area contributed by atoms with Crippen LogP contribution in [0.5, 0.6) is 0 Å². The number of rotatable bonds is 5. The quantitative estimate of drug-likeness (QED) is 0.912. The molecule has 0 spiro atoms. The Morgan fingerprint density at radius 2 is 2.05 bits per heavy atom.